The summed E-state index contributed by atoms with van der Waals surface area (Å²) in [5.41, 5.74) is 0.638. The molecule has 0 spiro atoms. The van der Waals surface area contributed by atoms with Crippen LogP contribution >= 0.6 is 0 Å². The smallest absolute Gasteiger partial charge is 0.00435 e. The molecule has 13 heavy (non-hydrogen) atoms. The number of nitrogens with one attached hydrogen (secondary N) is 1. The van der Waals surface area contributed by atoms with E-state index in [9.17, 15) is 0 Å². The van der Waals surface area contributed by atoms with Gasteiger partial charge in [-0.1, -0.05) is 27.7 Å². The monoisotopic (exact) mass is 183 g/mol. The van der Waals surface area contributed by atoms with Crippen molar-refractivity contribution in [3.63, 3.8) is 0 Å². The summed E-state index contributed by atoms with van der Waals surface area (Å²) in [7, 11) is 0. The van der Waals surface area contributed by atoms with E-state index >= 15 is 0 Å². The van der Waals surface area contributed by atoms with Crippen LogP contribution in [0.5, 0.6) is 0 Å². The Balaban J connectivity index is 2.61. The molecule has 1 saturated heterocycles. The summed E-state index contributed by atoms with van der Waals surface area (Å²) < 4.78 is 0. The van der Waals surface area contributed by atoms with Crippen LogP contribution in [0.15, 0.2) is 0 Å². The van der Waals surface area contributed by atoms with Crippen LogP contribution in [0.1, 0.15) is 47.0 Å². The molecule has 0 atom stereocenters. The van der Waals surface area contributed by atoms with Gasteiger partial charge < -0.3 is 5.32 Å². The lowest BCUT2D eigenvalue weighted by molar-refractivity contribution is 0.0969. The van der Waals surface area contributed by atoms with Gasteiger partial charge in [0.1, 0.15) is 0 Å². The molecule has 0 saturated carbocycles. The quantitative estimate of drug-likeness (QED) is 0.709. The van der Waals surface area contributed by atoms with Gasteiger partial charge in [-0.05, 0) is 49.6 Å². The van der Waals surface area contributed by atoms with Gasteiger partial charge in [0.05, 0.1) is 0 Å². The number of hydrogen-bond acceptors (Lipinski definition) is 1. The Bertz CT molecular complexity index is 143. The molecule has 0 radical (unpaired) electrons. The van der Waals surface area contributed by atoms with E-state index in [2.05, 4.69) is 33.0 Å². The molecule has 0 aromatic heterocycles. The van der Waals surface area contributed by atoms with Gasteiger partial charge in [-0.25, -0.2) is 0 Å². The molecule has 0 amide bonds. The third-order valence-corrected chi connectivity index (χ3v) is 3.64. The van der Waals surface area contributed by atoms with Gasteiger partial charge in [0.15, 0.2) is 0 Å². The lowest BCUT2D eigenvalue weighted by atomic mass is 9.66. The Morgan fingerprint density at radius 1 is 1.08 bits per heavy atom. The van der Waals surface area contributed by atoms with E-state index < -0.39 is 0 Å². The lowest BCUT2D eigenvalue weighted by Crippen LogP contribution is -2.40. The third-order valence-electron chi connectivity index (χ3n) is 3.64. The molecule has 1 aliphatic rings. The maximum absolute atomic E-state index is 3.47. The zero-order valence-electron chi connectivity index (χ0n) is 9.69. The first-order valence-electron chi connectivity index (χ1n) is 5.77. The predicted molar refractivity (Wildman–Crippen MR) is 58.8 cm³/mol. The fourth-order valence-corrected chi connectivity index (χ4v) is 2.75. The second-order valence-electron chi connectivity index (χ2n) is 5.37. The molecule has 0 bridgehead atoms. The van der Waals surface area contributed by atoms with Gasteiger partial charge in [-0.2, -0.15) is 0 Å². The molecule has 1 fully saturated rings. The molecule has 1 heteroatoms. The summed E-state index contributed by atoms with van der Waals surface area (Å²) >= 11 is 0. The second-order valence-corrected chi connectivity index (χ2v) is 5.37. The standard InChI is InChI=1S/C12H25N/c1-10(2)9-12(11(3)4)5-7-13-8-6-12/h10-11,13H,5-9H2,1-4H3. The first-order chi connectivity index (χ1) is 6.07. The predicted octanol–water partition coefficient (Wildman–Crippen LogP) is 3.06. The molecule has 0 aromatic rings. The first kappa shape index (κ1) is 11.0. The van der Waals surface area contributed by atoms with Gasteiger partial charge >= 0.3 is 0 Å². The molecule has 1 N–H and O–H groups in total. The van der Waals surface area contributed by atoms with Crippen LogP contribution in [0.4, 0.5) is 0 Å². The van der Waals surface area contributed by atoms with Gasteiger partial charge in [-0.3, -0.25) is 0 Å². The number of hydrogen-bond donors (Lipinski definition) is 1. The summed E-state index contributed by atoms with van der Waals surface area (Å²) in [4.78, 5) is 0. The minimum absolute atomic E-state index is 0.638. The number of rotatable bonds is 3. The Hall–Kier alpha value is -0.0400. The van der Waals surface area contributed by atoms with Crippen molar-refractivity contribution in [2.24, 2.45) is 17.3 Å². The van der Waals surface area contributed by atoms with Crippen molar-refractivity contribution in [1.82, 2.24) is 5.32 Å². The summed E-state index contributed by atoms with van der Waals surface area (Å²) in [6.45, 7) is 12.0. The molecule has 1 aliphatic heterocycles. The van der Waals surface area contributed by atoms with E-state index in [1.807, 2.05) is 0 Å². The molecule has 1 heterocycles. The van der Waals surface area contributed by atoms with E-state index in [0.29, 0.717) is 5.41 Å². The van der Waals surface area contributed by atoms with Crippen LogP contribution < -0.4 is 5.32 Å². The topological polar surface area (TPSA) is 12.0 Å². The Kier molecular flexibility index (Phi) is 3.78. The van der Waals surface area contributed by atoms with Crippen molar-refractivity contribution in [3.8, 4) is 0 Å². The van der Waals surface area contributed by atoms with Crippen LogP contribution in [0.25, 0.3) is 0 Å². The average Bonchev–Trinajstić information content (AvgIpc) is 2.04. The normalized spacial score (nSPS) is 22.6. The Morgan fingerprint density at radius 2 is 1.62 bits per heavy atom. The fraction of sp³-hybridized carbons (Fsp3) is 1.00. The highest BCUT2D eigenvalue weighted by Gasteiger charge is 2.35. The highest BCUT2D eigenvalue weighted by atomic mass is 14.9. The molecule has 1 nitrogen and oxygen atoms in total. The van der Waals surface area contributed by atoms with Crippen LogP contribution in [-0.2, 0) is 0 Å². The van der Waals surface area contributed by atoms with Crippen LogP contribution in [0.3, 0.4) is 0 Å². The van der Waals surface area contributed by atoms with E-state index in [1.165, 1.54) is 32.4 Å². The highest BCUT2D eigenvalue weighted by molar-refractivity contribution is 4.87. The Morgan fingerprint density at radius 3 is 2.00 bits per heavy atom. The minimum Gasteiger partial charge on any atom is -0.317 e. The highest BCUT2D eigenvalue weighted by Crippen LogP contribution is 2.42. The van der Waals surface area contributed by atoms with Gasteiger partial charge in [0.25, 0.3) is 0 Å². The largest absolute Gasteiger partial charge is 0.317 e. The minimum atomic E-state index is 0.638. The summed E-state index contributed by atoms with van der Waals surface area (Å²) in [6, 6.07) is 0. The molecule has 0 unspecified atom stereocenters. The van der Waals surface area contributed by atoms with E-state index in [1.54, 1.807) is 0 Å². The van der Waals surface area contributed by atoms with Crippen molar-refractivity contribution in [3.05, 3.63) is 0 Å². The molecule has 78 valence electrons. The van der Waals surface area contributed by atoms with E-state index in [0.717, 1.165) is 11.8 Å². The van der Waals surface area contributed by atoms with Crippen LogP contribution in [0.2, 0.25) is 0 Å². The summed E-state index contributed by atoms with van der Waals surface area (Å²) in [5, 5.41) is 3.47. The summed E-state index contributed by atoms with van der Waals surface area (Å²) in [5.74, 6) is 1.69. The average molecular weight is 183 g/mol. The number of piperidine rings is 1. The molecular weight excluding hydrogens is 158 g/mol. The third kappa shape index (κ3) is 2.70. The molecular formula is C12H25N. The van der Waals surface area contributed by atoms with Gasteiger partial charge in [0.2, 0.25) is 0 Å². The Labute approximate surface area is 83.3 Å². The van der Waals surface area contributed by atoms with Crippen molar-refractivity contribution < 1.29 is 0 Å². The zero-order valence-corrected chi connectivity index (χ0v) is 9.69. The maximum Gasteiger partial charge on any atom is -0.00435 e. The first-order valence-corrected chi connectivity index (χ1v) is 5.77. The summed E-state index contributed by atoms with van der Waals surface area (Å²) in [6.07, 6.45) is 4.16. The van der Waals surface area contributed by atoms with Crippen molar-refractivity contribution in [2.75, 3.05) is 13.1 Å². The van der Waals surface area contributed by atoms with Crippen molar-refractivity contribution >= 4 is 0 Å². The molecule has 0 aromatic carbocycles. The molecule has 1 rings (SSSR count). The second kappa shape index (κ2) is 4.45. The van der Waals surface area contributed by atoms with Crippen molar-refractivity contribution in [1.29, 1.82) is 0 Å². The van der Waals surface area contributed by atoms with Gasteiger partial charge in [0, 0.05) is 0 Å². The fourth-order valence-electron chi connectivity index (χ4n) is 2.75. The SMILES string of the molecule is CC(C)CC1(C(C)C)CCNCC1. The van der Waals surface area contributed by atoms with E-state index in [-0.39, 0.29) is 0 Å². The van der Waals surface area contributed by atoms with Crippen LogP contribution in [0, 0.1) is 17.3 Å². The van der Waals surface area contributed by atoms with E-state index in [4.69, 9.17) is 0 Å². The van der Waals surface area contributed by atoms with Crippen LogP contribution in [-0.4, -0.2) is 13.1 Å². The van der Waals surface area contributed by atoms with Crippen molar-refractivity contribution in [2.45, 2.75) is 47.0 Å². The maximum atomic E-state index is 3.47. The molecule has 0 aliphatic carbocycles. The lowest BCUT2D eigenvalue weighted by Gasteiger charge is -2.42. The van der Waals surface area contributed by atoms with Gasteiger partial charge in [-0.15, -0.1) is 0 Å². The zero-order chi connectivity index (χ0) is 9.90.